The van der Waals surface area contributed by atoms with Gasteiger partial charge in [-0.15, -0.1) is 11.3 Å². The van der Waals surface area contributed by atoms with E-state index in [4.69, 9.17) is 11.0 Å². The molecule has 3 nitrogen and oxygen atoms in total. The van der Waals surface area contributed by atoms with Crippen molar-refractivity contribution >= 4 is 22.7 Å². The first-order valence-corrected chi connectivity index (χ1v) is 6.69. The molecule has 0 atom stereocenters. The number of hydrogen-bond donors (Lipinski definition) is 1. The van der Waals surface area contributed by atoms with E-state index in [-0.39, 0.29) is 0 Å². The molecule has 0 saturated carbocycles. The molecule has 0 radical (unpaired) electrons. The molecule has 92 valence electrons. The van der Waals surface area contributed by atoms with Crippen molar-refractivity contribution in [2.45, 2.75) is 13.5 Å². The topological polar surface area (TPSA) is 53.0 Å². The molecular formula is C14H15N3S. The van der Waals surface area contributed by atoms with Gasteiger partial charge < -0.3 is 10.6 Å². The molecule has 18 heavy (non-hydrogen) atoms. The van der Waals surface area contributed by atoms with Crippen LogP contribution in [0.5, 0.6) is 0 Å². The molecule has 0 bridgehead atoms. The van der Waals surface area contributed by atoms with Crippen LogP contribution in [0.2, 0.25) is 0 Å². The van der Waals surface area contributed by atoms with E-state index in [1.807, 2.05) is 12.1 Å². The third-order valence-corrected chi connectivity index (χ3v) is 3.69. The fraction of sp³-hybridized carbons (Fsp3) is 0.214. The van der Waals surface area contributed by atoms with Crippen LogP contribution in [-0.2, 0) is 6.54 Å². The van der Waals surface area contributed by atoms with Gasteiger partial charge in [0, 0.05) is 22.8 Å². The normalized spacial score (nSPS) is 10.0. The van der Waals surface area contributed by atoms with Gasteiger partial charge in [0.25, 0.3) is 0 Å². The van der Waals surface area contributed by atoms with E-state index in [0.29, 0.717) is 11.3 Å². The minimum absolute atomic E-state index is 0.536. The Balaban J connectivity index is 2.25. The molecule has 2 aromatic rings. The van der Waals surface area contributed by atoms with Gasteiger partial charge in [-0.2, -0.15) is 5.26 Å². The summed E-state index contributed by atoms with van der Waals surface area (Å²) in [5.74, 6) is 0. The van der Waals surface area contributed by atoms with Crippen molar-refractivity contribution in [1.82, 2.24) is 0 Å². The number of nitrogen functional groups attached to an aromatic ring is 1. The SMILES string of the molecule is CCN(Cc1cccs1)c1ccc(N)c(C#N)c1. The van der Waals surface area contributed by atoms with E-state index >= 15 is 0 Å². The molecule has 0 aliphatic heterocycles. The van der Waals surface area contributed by atoms with E-state index < -0.39 is 0 Å². The van der Waals surface area contributed by atoms with Crippen LogP contribution in [0, 0.1) is 11.3 Å². The second kappa shape index (κ2) is 5.56. The second-order valence-electron chi connectivity index (χ2n) is 3.98. The first kappa shape index (κ1) is 12.5. The third-order valence-electron chi connectivity index (χ3n) is 2.83. The van der Waals surface area contributed by atoms with Gasteiger partial charge in [-0.05, 0) is 36.6 Å². The molecular weight excluding hydrogens is 242 g/mol. The summed E-state index contributed by atoms with van der Waals surface area (Å²) in [6.45, 7) is 3.87. The van der Waals surface area contributed by atoms with Crippen molar-refractivity contribution in [3.8, 4) is 6.07 Å². The summed E-state index contributed by atoms with van der Waals surface area (Å²) in [4.78, 5) is 3.54. The molecule has 4 heteroatoms. The minimum Gasteiger partial charge on any atom is -0.398 e. The summed E-state index contributed by atoms with van der Waals surface area (Å²) >= 11 is 1.74. The average molecular weight is 257 g/mol. The van der Waals surface area contributed by atoms with Gasteiger partial charge >= 0.3 is 0 Å². The molecule has 0 amide bonds. The van der Waals surface area contributed by atoms with E-state index in [2.05, 4.69) is 35.4 Å². The van der Waals surface area contributed by atoms with Gasteiger partial charge in [0.2, 0.25) is 0 Å². The maximum absolute atomic E-state index is 9.01. The van der Waals surface area contributed by atoms with Crippen LogP contribution < -0.4 is 10.6 Å². The lowest BCUT2D eigenvalue weighted by Gasteiger charge is -2.22. The summed E-state index contributed by atoms with van der Waals surface area (Å²) in [5, 5.41) is 11.1. The highest BCUT2D eigenvalue weighted by Crippen LogP contribution is 2.23. The Kier molecular flexibility index (Phi) is 3.85. The Morgan fingerprint density at radius 2 is 2.22 bits per heavy atom. The first-order valence-electron chi connectivity index (χ1n) is 5.81. The summed E-state index contributed by atoms with van der Waals surface area (Å²) < 4.78 is 0. The van der Waals surface area contributed by atoms with Crippen LogP contribution in [-0.4, -0.2) is 6.54 Å². The number of hydrogen-bond acceptors (Lipinski definition) is 4. The van der Waals surface area contributed by atoms with Gasteiger partial charge in [0.1, 0.15) is 6.07 Å². The molecule has 0 aliphatic rings. The van der Waals surface area contributed by atoms with Gasteiger partial charge in [-0.25, -0.2) is 0 Å². The Morgan fingerprint density at radius 3 is 2.83 bits per heavy atom. The van der Waals surface area contributed by atoms with Crippen LogP contribution in [0.25, 0.3) is 0 Å². The smallest absolute Gasteiger partial charge is 0.101 e. The van der Waals surface area contributed by atoms with E-state index in [1.54, 1.807) is 17.4 Å². The van der Waals surface area contributed by atoms with Crippen LogP contribution in [0.1, 0.15) is 17.4 Å². The number of anilines is 2. The summed E-state index contributed by atoms with van der Waals surface area (Å²) in [5.41, 5.74) is 7.85. The lowest BCUT2D eigenvalue weighted by Crippen LogP contribution is -2.21. The Labute approximate surface area is 111 Å². The highest BCUT2D eigenvalue weighted by Gasteiger charge is 2.08. The van der Waals surface area contributed by atoms with Gasteiger partial charge in [-0.3, -0.25) is 0 Å². The Morgan fingerprint density at radius 1 is 1.39 bits per heavy atom. The Bertz CT molecular complexity index is 555. The number of nitrogens with zero attached hydrogens (tertiary/aromatic N) is 2. The molecule has 0 unspecified atom stereocenters. The second-order valence-corrected chi connectivity index (χ2v) is 5.01. The van der Waals surface area contributed by atoms with Gasteiger partial charge in [-0.1, -0.05) is 6.07 Å². The summed E-state index contributed by atoms with van der Waals surface area (Å²) in [7, 11) is 0. The molecule has 0 aliphatic carbocycles. The first-order chi connectivity index (χ1) is 8.74. The van der Waals surface area contributed by atoms with Crippen LogP contribution in [0.3, 0.4) is 0 Å². The highest BCUT2D eigenvalue weighted by molar-refractivity contribution is 7.09. The zero-order valence-corrected chi connectivity index (χ0v) is 11.1. The van der Waals surface area contributed by atoms with Crippen molar-refractivity contribution in [2.24, 2.45) is 0 Å². The molecule has 1 aromatic heterocycles. The highest BCUT2D eigenvalue weighted by atomic mass is 32.1. The third kappa shape index (κ3) is 2.63. The quantitative estimate of drug-likeness (QED) is 0.855. The predicted molar refractivity (Wildman–Crippen MR) is 76.6 cm³/mol. The zero-order chi connectivity index (χ0) is 13.0. The number of nitriles is 1. The largest absolute Gasteiger partial charge is 0.398 e. The number of nitrogens with two attached hydrogens (primary N) is 1. The van der Waals surface area contributed by atoms with Crippen molar-refractivity contribution in [2.75, 3.05) is 17.2 Å². The maximum Gasteiger partial charge on any atom is 0.101 e. The van der Waals surface area contributed by atoms with Crippen molar-refractivity contribution in [3.63, 3.8) is 0 Å². The van der Waals surface area contributed by atoms with E-state index in [9.17, 15) is 0 Å². The van der Waals surface area contributed by atoms with Crippen molar-refractivity contribution in [1.29, 1.82) is 5.26 Å². The van der Waals surface area contributed by atoms with Crippen molar-refractivity contribution < 1.29 is 0 Å². The molecule has 1 heterocycles. The van der Waals surface area contributed by atoms with Gasteiger partial charge in [0.05, 0.1) is 12.1 Å². The standard InChI is InChI=1S/C14H15N3S/c1-2-17(10-13-4-3-7-18-13)12-5-6-14(16)11(8-12)9-15/h3-8H,2,10,16H2,1H3. The lowest BCUT2D eigenvalue weighted by molar-refractivity contribution is 0.842. The fourth-order valence-corrected chi connectivity index (χ4v) is 2.53. The van der Waals surface area contributed by atoms with Crippen LogP contribution in [0.4, 0.5) is 11.4 Å². The lowest BCUT2D eigenvalue weighted by atomic mass is 10.1. The minimum atomic E-state index is 0.536. The predicted octanol–water partition coefficient (Wildman–Crippen LogP) is 3.23. The fourth-order valence-electron chi connectivity index (χ4n) is 1.81. The van der Waals surface area contributed by atoms with E-state index in [1.165, 1.54) is 4.88 Å². The number of rotatable bonds is 4. The zero-order valence-electron chi connectivity index (χ0n) is 10.3. The molecule has 0 fully saturated rings. The molecule has 2 rings (SSSR count). The molecule has 0 saturated heterocycles. The number of thiophene rings is 1. The van der Waals surface area contributed by atoms with E-state index in [0.717, 1.165) is 18.8 Å². The molecule has 2 N–H and O–H groups in total. The van der Waals surface area contributed by atoms with Crippen molar-refractivity contribution in [3.05, 3.63) is 46.2 Å². The Hall–Kier alpha value is -1.99. The van der Waals surface area contributed by atoms with Crippen LogP contribution >= 0.6 is 11.3 Å². The summed E-state index contributed by atoms with van der Waals surface area (Å²) in [6.07, 6.45) is 0. The molecule has 1 aromatic carbocycles. The van der Waals surface area contributed by atoms with Gasteiger partial charge in [0.15, 0.2) is 0 Å². The monoisotopic (exact) mass is 257 g/mol. The average Bonchev–Trinajstić information content (AvgIpc) is 2.89. The maximum atomic E-state index is 9.01. The van der Waals surface area contributed by atoms with Crippen LogP contribution in [0.15, 0.2) is 35.7 Å². The number of benzene rings is 1. The summed E-state index contributed by atoms with van der Waals surface area (Å²) in [6, 6.07) is 11.9. The molecule has 0 spiro atoms.